The van der Waals surface area contributed by atoms with E-state index in [1.165, 1.54) is 5.56 Å². The highest BCUT2D eigenvalue weighted by atomic mass is 32.2. The Hall–Kier alpha value is -1.00. The number of hydrogen-bond acceptors (Lipinski definition) is 3. The van der Waals surface area contributed by atoms with Gasteiger partial charge in [-0.25, -0.2) is 4.98 Å². The van der Waals surface area contributed by atoms with Gasteiger partial charge in [-0.15, -0.1) is 0 Å². The van der Waals surface area contributed by atoms with Gasteiger partial charge in [-0.2, -0.15) is 0 Å². The number of thioether (sulfide) groups is 1. The van der Waals surface area contributed by atoms with E-state index >= 15 is 0 Å². The molecule has 2 N–H and O–H groups in total. The molecular weight excluding hydrogens is 254 g/mol. The van der Waals surface area contributed by atoms with Gasteiger partial charge in [-0.1, -0.05) is 38.6 Å². The van der Waals surface area contributed by atoms with Crippen LogP contribution in [0.1, 0.15) is 32.8 Å². The molecule has 0 amide bonds. The van der Waals surface area contributed by atoms with E-state index in [0.717, 1.165) is 29.2 Å². The normalized spacial score (nSPS) is 14.7. The Balaban J connectivity index is 2.12. The first-order valence-corrected chi connectivity index (χ1v) is 7.88. The molecule has 1 aromatic carbocycles. The molecule has 0 aliphatic rings. The SMILES string of the molecule is CCNC(CC)C(C)Sc1nc2ccc(C)cc2[nH]1. The number of fused-ring (bicyclic) bond motifs is 1. The van der Waals surface area contributed by atoms with Gasteiger partial charge in [0.05, 0.1) is 11.0 Å². The zero-order valence-electron chi connectivity index (χ0n) is 12.2. The molecule has 0 fully saturated rings. The van der Waals surface area contributed by atoms with Crippen LogP contribution < -0.4 is 5.32 Å². The van der Waals surface area contributed by atoms with Gasteiger partial charge < -0.3 is 10.3 Å². The van der Waals surface area contributed by atoms with E-state index < -0.39 is 0 Å². The first kappa shape index (κ1) is 14.4. The predicted octanol–water partition coefficient (Wildman–Crippen LogP) is 3.74. The lowest BCUT2D eigenvalue weighted by atomic mass is 10.2. The largest absolute Gasteiger partial charge is 0.333 e. The van der Waals surface area contributed by atoms with Crippen LogP contribution >= 0.6 is 11.8 Å². The van der Waals surface area contributed by atoms with E-state index in [1.54, 1.807) is 0 Å². The highest BCUT2D eigenvalue weighted by Gasteiger charge is 2.17. The van der Waals surface area contributed by atoms with Crippen LogP contribution in [0.25, 0.3) is 11.0 Å². The summed E-state index contributed by atoms with van der Waals surface area (Å²) in [6.45, 7) is 9.77. The number of rotatable bonds is 6. The molecule has 0 aliphatic carbocycles. The summed E-state index contributed by atoms with van der Waals surface area (Å²) in [6, 6.07) is 6.87. The van der Waals surface area contributed by atoms with Gasteiger partial charge >= 0.3 is 0 Å². The molecule has 0 saturated carbocycles. The second-order valence-electron chi connectivity index (χ2n) is 4.96. The predicted molar refractivity (Wildman–Crippen MR) is 83.9 cm³/mol. The van der Waals surface area contributed by atoms with E-state index in [2.05, 4.69) is 61.2 Å². The maximum atomic E-state index is 4.65. The van der Waals surface area contributed by atoms with E-state index in [0.29, 0.717) is 11.3 Å². The lowest BCUT2D eigenvalue weighted by Gasteiger charge is -2.21. The maximum Gasteiger partial charge on any atom is 0.166 e. The summed E-state index contributed by atoms with van der Waals surface area (Å²) in [4.78, 5) is 8.06. The van der Waals surface area contributed by atoms with E-state index in [1.807, 2.05) is 11.8 Å². The Bertz CT molecular complexity index is 535. The molecule has 3 nitrogen and oxygen atoms in total. The fourth-order valence-electron chi connectivity index (χ4n) is 2.32. The van der Waals surface area contributed by atoms with Crippen molar-refractivity contribution in [1.82, 2.24) is 15.3 Å². The van der Waals surface area contributed by atoms with Gasteiger partial charge in [0.15, 0.2) is 5.16 Å². The van der Waals surface area contributed by atoms with Crippen LogP contribution in [-0.4, -0.2) is 27.8 Å². The third-order valence-electron chi connectivity index (χ3n) is 3.39. The zero-order chi connectivity index (χ0) is 13.8. The maximum absolute atomic E-state index is 4.65. The molecule has 2 rings (SSSR count). The summed E-state index contributed by atoms with van der Waals surface area (Å²) in [5, 5.41) is 5.06. The standard InChI is InChI=1S/C15H23N3S/c1-5-12(16-6-2)11(4)19-15-17-13-8-7-10(3)9-14(13)18-15/h7-9,11-12,16H,5-6H2,1-4H3,(H,17,18). The minimum absolute atomic E-state index is 0.506. The van der Waals surface area contributed by atoms with E-state index in [9.17, 15) is 0 Å². The summed E-state index contributed by atoms with van der Waals surface area (Å²) in [5.74, 6) is 0. The summed E-state index contributed by atoms with van der Waals surface area (Å²) in [6.07, 6.45) is 1.14. The highest BCUT2D eigenvalue weighted by molar-refractivity contribution is 7.99. The minimum atomic E-state index is 0.506. The lowest BCUT2D eigenvalue weighted by Crippen LogP contribution is -2.35. The number of aromatic amines is 1. The van der Waals surface area contributed by atoms with Crippen molar-refractivity contribution >= 4 is 22.8 Å². The number of hydrogen-bond donors (Lipinski definition) is 2. The van der Waals surface area contributed by atoms with Gasteiger partial charge in [0.25, 0.3) is 0 Å². The Morgan fingerprint density at radius 2 is 2.16 bits per heavy atom. The second kappa shape index (κ2) is 6.44. The Morgan fingerprint density at radius 3 is 2.84 bits per heavy atom. The number of H-pyrrole nitrogens is 1. The highest BCUT2D eigenvalue weighted by Crippen LogP contribution is 2.26. The van der Waals surface area contributed by atoms with E-state index in [-0.39, 0.29) is 0 Å². The summed E-state index contributed by atoms with van der Waals surface area (Å²) in [7, 11) is 0. The summed E-state index contributed by atoms with van der Waals surface area (Å²) < 4.78 is 0. The fraction of sp³-hybridized carbons (Fsp3) is 0.533. The molecule has 0 spiro atoms. The van der Waals surface area contributed by atoms with Gasteiger partial charge in [0, 0.05) is 11.3 Å². The number of aromatic nitrogens is 2. The monoisotopic (exact) mass is 277 g/mol. The van der Waals surface area contributed by atoms with Crippen LogP contribution in [0.4, 0.5) is 0 Å². The van der Waals surface area contributed by atoms with Crippen molar-refractivity contribution in [3.63, 3.8) is 0 Å². The summed E-state index contributed by atoms with van der Waals surface area (Å²) in [5.41, 5.74) is 3.45. The van der Waals surface area contributed by atoms with Crippen LogP contribution in [0.3, 0.4) is 0 Å². The quantitative estimate of drug-likeness (QED) is 0.790. The number of aryl methyl sites for hydroxylation is 1. The average Bonchev–Trinajstić information content (AvgIpc) is 2.76. The van der Waals surface area contributed by atoms with Crippen LogP contribution in [0.5, 0.6) is 0 Å². The molecule has 2 aromatic rings. The lowest BCUT2D eigenvalue weighted by molar-refractivity contribution is 0.508. The number of imidazole rings is 1. The van der Waals surface area contributed by atoms with Crippen LogP contribution in [0.15, 0.2) is 23.4 Å². The zero-order valence-corrected chi connectivity index (χ0v) is 13.0. The molecular formula is C15H23N3S. The van der Waals surface area contributed by atoms with Crippen LogP contribution in [-0.2, 0) is 0 Å². The van der Waals surface area contributed by atoms with Gasteiger partial charge in [0.1, 0.15) is 0 Å². The van der Waals surface area contributed by atoms with Gasteiger partial charge in [0.2, 0.25) is 0 Å². The van der Waals surface area contributed by atoms with Crippen LogP contribution in [0.2, 0.25) is 0 Å². The van der Waals surface area contributed by atoms with Crippen molar-refractivity contribution in [2.75, 3.05) is 6.54 Å². The van der Waals surface area contributed by atoms with Crippen molar-refractivity contribution < 1.29 is 0 Å². The number of nitrogens with one attached hydrogen (secondary N) is 2. The summed E-state index contributed by atoms with van der Waals surface area (Å²) >= 11 is 1.82. The third kappa shape index (κ3) is 3.51. The topological polar surface area (TPSA) is 40.7 Å². The number of benzene rings is 1. The molecule has 0 saturated heterocycles. The van der Waals surface area contributed by atoms with Gasteiger partial charge in [-0.05, 0) is 37.6 Å². The first-order valence-electron chi connectivity index (χ1n) is 7.00. The van der Waals surface area contributed by atoms with Crippen molar-refractivity contribution in [3.05, 3.63) is 23.8 Å². The fourth-order valence-corrected chi connectivity index (χ4v) is 3.44. The number of nitrogens with zero attached hydrogens (tertiary/aromatic N) is 1. The van der Waals surface area contributed by atoms with Crippen LogP contribution in [0, 0.1) is 6.92 Å². The van der Waals surface area contributed by atoms with Crippen molar-refractivity contribution in [2.45, 2.75) is 50.6 Å². The smallest absolute Gasteiger partial charge is 0.166 e. The second-order valence-corrected chi connectivity index (χ2v) is 6.32. The molecule has 19 heavy (non-hydrogen) atoms. The molecule has 2 atom stereocenters. The Labute approximate surface area is 119 Å². The average molecular weight is 277 g/mol. The molecule has 4 heteroatoms. The molecule has 2 unspecified atom stereocenters. The molecule has 1 aromatic heterocycles. The van der Waals surface area contributed by atoms with Crippen molar-refractivity contribution in [3.8, 4) is 0 Å². The molecule has 0 aliphatic heterocycles. The molecule has 0 radical (unpaired) electrons. The first-order chi connectivity index (χ1) is 9.13. The minimum Gasteiger partial charge on any atom is -0.333 e. The van der Waals surface area contributed by atoms with Crippen molar-refractivity contribution in [2.24, 2.45) is 0 Å². The molecule has 1 heterocycles. The Morgan fingerprint density at radius 1 is 1.37 bits per heavy atom. The Kier molecular flexibility index (Phi) is 4.88. The van der Waals surface area contributed by atoms with Crippen molar-refractivity contribution in [1.29, 1.82) is 0 Å². The molecule has 104 valence electrons. The third-order valence-corrected chi connectivity index (χ3v) is 4.50. The van der Waals surface area contributed by atoms with Gasteiger partial charge in [-0.3, -0.25) is 0 Å². The molecule has 0 bridgehead atoms. The van der Waals surface area contributed by atoms with E-state index in [4.69, 9.17) is 0 Å².